The number of methoxy groups -OCH3 is 1. The van der Waals surface area contributed by atoms with Crippen LogP contribution in [0.25, 0.3) is 0 Å². The predicted octanol–water partition coefficient (Wildman–Crippen LogP) is 1.08. The first-order chi connectivity index (χ1) is 7.97. The van der Waals surface area contributed by atoms with Crippen molar-refractivity contribution in [3.05, 3.63) is 29.3 Å². The van der Waals surface area contributed by atoms with E-state index in [9.17, 15) is 13.6 Å². The lowest BCUT2D eigenvalue weighted by atomic mass is 10.1. The van der Waals surface area contributed by atoms with Crippen LogP contribution in [0.5, 0.6) is 5.75 Å². The summed E-state index contributed by atoms with van der Waals surface area (Å²) in [6, 6.07) is 2.04. The third-order valence-electron chi connectivity index (χ3n) is 2.06. The minimum Gasteiger partial charge on any atom is -0.494 e. The van der Waals surface area contributed by atoms with Gasteiger partial charge in [0.2, 0.25) is 0 Å². The number of aliphatic hydroxyl groups excluding tert-OH is 1. The van der Waals surface area contributed by atoms with Gasteiger partial charge in [-0.2, -0.15) is 0 Å². The van der Waals surface area contributed by atoms with Crippen LogP contribution in [0.15, 0.2) is 12.1 Å². The first-order valence-electron chi connectivity index (χ1n) is 4.95. The Labute approximate surface area is 97.2 Å². The molecular weight excluding hydrogens is 232 g/mol. The second-order valence-corrected chi connectivity index (χ2v) is 3.50. The minimum atomic E-state index is -1.06. The highest BCUT2D eigenvalue weighted by Crippen LogP contribution is 2.22. The fourth-order valence-corrected chi connectivity index (χ4v) is 1.23. The lowest BCUT2D eigenvalue weighted by molar-refractivity contribution is 0.0914. The van der Waals surface area contributed by atoms with Crippen LogP contribution in [0.1, 0.15) is 17.3 Å². The molecule has 0 saturated carbocycles. The van der Waals surface area contributed by atoms with Crippen molar-refractivity contribution in [2.75, 3.05) is 13.7 Å². The summed E-state index contributed by atoms with van der Waals surface area (Å²) >= 11 is 0. The number of amides is 1. The number of rotatable bonds is 4. The van der Waals surface area contributed by atoms with Gasteiger partial charge in [0, 0.05) is 6.54 Å². The molecule has 0 bridgehead atoms. The molecule has 1 atom stereocenters. The van der Waals surface area contributed by atoms with E-state index in [0.717, 1.165) is 12.1 Å². The van der Waals surface area contributed by atoms with E-state index in [0.29, 0.717) is 0 Å². The maximum absolute atomic E-state index is 13.6. The molecule has 0 heterocycles. The number of nitrogens with one attached hydrogen (secondary N) is 1. The number of benzene rings is 1. The topological polar surface area (TPSA) is 58.6 Å². The fourth-order valence-electron chi connectivity index (χ4n) is 1.23. The summed E-state index contributed by atoms with van der Waals surface area (Å²) in [6.07, 6.45) is -0.796. The van der Waals surface area contributed by atoms with Gasteiger partial charge in [0.15, 0.2) is 11.6 Å². The molecule has 0 saturated heterocycles. The zero-order valence-electron chi connectivity index (χ0n) is 9.46. The van der Waals surface area contributed by atoms with Crippen LogP contribution in [-0.4, -0.2) is 30.8 Å². The third kappa shape index (κ3) is 3.13. The summed E-state index contributed by atoms with van der Waals surface area (Å²) in [5.74, 6) is -3.18. The van der Waals surface area contributed by atoms with Crippen molar-refractivity contribution in [3.8, 4) is 5.75 Å². The third-order valence-corrected chi connectivity index (χ3v) is 2.06. The average molecular weight is 245 g/mol. The van der Waals surface area contributed by atoms with Crippen molar-refractivity contribution in [2.45, 2.75) is 13.0 Å². The molecule has 0 aliphatic heterocycles. The van der Waals surface area contributed by atoms with Crippen molar-refractivity contribution in [1.82, 2.24) is 5.32 Å². The van der Waals surface area contributed by atoms with Gasteiger partial charge in [-0.15, -0.1) is 0 Å². The molecule has 0 aliphatic rings. The smallest absolute Gasteiger partial charge is 0.257 e. The Hall–Kier alpha value is -1.69. The number of carbonyl (C=O) groups is 1. The van der Waals surface area contributed by atoms with Gasteiger partial charge in [-0.05, 0) is 19.1 Å². The summed E-state index contributed by atoms with van der Waals surface area (Å²) in [6.45, 7) is 1.35. The average Bonchev–Trinajstić information content (AvgIpc) is 2.26. The molecule has 17 heavy (non-hydrogen) atoms. The maximum Gasteiger partial charge on any atom is 0.257 e. The van der Waals surface area contributed by atoms with Gasteiger partial charge in [0.25, 0.3) is 5.91 Å². The summed E-state index contributed by atoms with van der Waals surface area (Å²) in [7, 11) is 1.22. The zero-order valence-corrected chi connectivity index (χ0v) is 9.46. The predicted molar refractivity (Wildman–Crippen MR) is 56.9 cm³/mol. The Morgan fingerprint density at radius 2 is 2.18 bits per heavy atom. The summed E-state index contributed by atoms with van der Waals surface area (Å²) < 4.78 is 31.6. The molecule has 1 aromatic carbocycles. The van der Waals surface area contributed by atoms with E-state index in [-0.39, 0.29) is 12.3 Å². The second kappa shape index (κ2) is 5.58. The van der Waals surface area contributed by atoms with Crippen LogP contribution < -0.4 is 10.1 Å². The molecule has 1 unspecified atom stereocenters. The van der Waals surface area contributed by atoms with E-state index >= 15 is 0 Å². The number of halogens is 2. The Kier molecular flexibility index (Phi) is 4.39. The van der Waals surface area contributed by atoms with E-state index in [1.807, 2.05) is 0 Å². The van der Waals surface area contributed by atoms with Crippen LogP contribution in [-0.2, 0) is 0 Å². The minimum absolute atomic E-state index is 0.0884. The normalized spacial score (nSPS) is 12.1. The van der Waals surface area contributed by atoms with Crippen molar-refractivity contribution in [1.29, 1.82) is 0 Å². The molecule has 94 valence electrons. The Balaban J connectivity index is 3.00. The van der Waals surface area contributed by atoms with E-state index < -0.39 is 29.2 Å². The molecule has 4 nitrogen and oxygen atoms in total. The number of aliphatic hydroxyl groups is 1. The molecule has 0 aliphatic carbocycles. The Morgan fingerprint density at radius 1 is 1.53 bits per heavy atom. The van der Waals surface area contributed by atoms with Gasteiger partial charge in [0.05, 0.1) is 13.2 Å². The van der Waals surface area contributed by atoms with Crippen LogP contribution in [0.4, 0.5) is 8.78 Å². The Morgan fingerprint density at radius 3 is 2.71 bits per heavy atom. The van der Waals surface area contributed by atoms with E-state index in [1.54, 1.807) is 0 Å². The number of carbonyl (C=O) groups excluding carboxylic acids is 1. The molecule has 1 aromatic rings. The number of hydrogen-bond donors (Lipinski definition) is 2. The van der Waals surface area contributed by atoms with Gasteiger partial charge in [-0.3, -0.25) is 4.79 Å². The van der Waals surface area contributed by atoms with E-state index in [1.165, 1.54) is 14.0 Å². The molecule has 6 heteroatoms. The van der Waals surface area contributed by atoms with Crippen LogP contribution in [0.3, 0.4) is 0 Å². The molecule has 0 spiro atoms. The summed E-state index contributed by atoms with van der Waals surface area (Å²) in [4.78, 5) is 11.5. The largest absolute Gasteiger partial charge is 0.494 e. The number of hydrogen-bond acceptors (Lipinski definition) is 3. The van der Waals surface area contributed by atoms with E-state index in [2.05, 4.69) is 10.1 Å². The standard InChI is InChI=1S/C11H13F2NO3/c1-6(15)5-14-11(16)9-7(12)3-4-8(17-2)10(9)13/h3-4,6,15H,5H2,1-2H3,(H,14,16). The molecule has 2 N–H and O–H groups in total. The van der Waals surface area contributed by atoms with Crippen LogP contribution >= 0.6 is 0 Å². The first-order valence-corrected chi connectivity index (χ1v) is 4.95. The fraction of sp³-hybridized carbons (Fsp3) is 0.364. The molecule has 1 amide bonds. The van der Waals surface area contributed by atoms with E-state index in [4.69, 9.17) is 5.11 Å². The SMILES string of the molecule is COc1ccc(F)c(C(=O)NCC(C)O)c1F. The monoisotopic (exact) mass is 245 g/mol. The highest BCUT2D eigenvalue weighted by atomic mass is 19.1. The molecular formula is C11H13F2NO3. The van der Waals surface area contributed by atoms with Crippen molar-refractivity contribution in [2.24, 2.45) is 0 Å². The highest BCUT2D eigenvalue weighted by Gasteiger charge is 2.20. The number of ether oxygens (including phenoxy) is 1. The Bertz CT molecular complexity index is 421. The molecule has 0 aromatic heterocycles. The maximum atomic E-state index is 13.6. The highest BCUT2D eigenvalue weighted by molar-refractivity contribution is 5.95. The second-order valence-electron chi connectivity index (χ2n) is 3.50. The molecule has 0 radical (unpaired) electrons. The van der Waals surface area contributed by atoms with Gasteiger partial charge in [-0.1, -0.05) is 0 Å². The summed E-state index contributed by atoms with van der Waals surface area (Å²) in [5.41, 5.74) is -0.718. The van der Waals surface area contributed by atoms with Gasteiger partial charge >= 0.3 is 0 Å². The van der Waals surface area contributed by atoms with Gasteiger partial charge < -0.3 is 15.2 Å². The van der Waals surface area contributed by atoms with Crippen LogP contribution in [0.2, 0.25) is 0 Å². The first kappa shape index (κ1) is 13.4. The molecule has 1 rings (SSSR count). The summed E-state index contributed by atoms with van der Waals surface area (Å²) in [5, 5.41) is 11.2. The quantitative estimate of drug-likeness (QED) is 0.834. The lowest BCUT2D eigenvalue weighted by Gasteiger charge is -2.10. The van der Waals surface area contributed by atoms with Crippen LogP contribution in [0, 0.1) is 11.6 Å². The molecule has 0 fully saturated rings. The zero-order chi connectivity index (χ0) is 13.0. The van der Waals surface area contributed by atoms with Crippen molar-refractivity contribution >= 4 is 5.91 Å². The van der Waals surface area contributed by atoms with Crippen molar-refractivity contribution < 1.29 is 23.4 Å². The van der Waals surface area contributed by atoms with Crippen molar-refractivity contribution in [3.63, 3.8) is 0 Å². The lowest BCUT2D eigenvalue weighted by Crippen LogP contribution is -2.31. The van der Waals surface area contributed by atoms with Gasteiger partial charge in [0.1, 0.15) is 11.4 Å². The van der Waals surface area contributed by atoms with Gasteiger partial charge in [-0.25, -0.2) is 8.78 Å².